The van der Waals surface area contributed by atoms with Crippen LogP contribution < -0.4 is 5.32 Å². The van der Waals surface area contributed by atoms with E-state index >= 15 is 0 Å². The molecule has 0 spiro atoms. The molecule has 0 aliphatic heterocycles. The minimum absolute atomic E-state index is 0.0223. The number of hydrogen-bond acceptors (Lipinski definition) is 3. The van der Waals surface area contributed by atoms with Gasteiger partial charge in [-0.05, 0) is 12.8 Å². The van der Waals surface area contributed by atoms with Gasteiger partial charge in [0, 0.05) is 19.7 Å². The normalized spacial score (nSPS) is 10.6. The molecule has 0 unspecified atom stereocenters. The summed E-state index contributed by atoms with van der Waals surface area (Å²) in [5.74, 6) is 2.37. The van der Waals surface area contributed by atoms with E-state index in [0.29, 0.717) is 25.7 Å². The van der Waals surface area contributed by atoms with E-state index < -0.39 is 0 Å². The number of amides is 1. The van der Waals surface area contributed by atoms with Crippen molar-refractivity contribution in [3.8, 4) is 12.3 Å². The molecule has 1 amide bonds. The van der Waals surface area contributed by atoms with Crippen LogP contribution in [0.5, 0.6) is 0 Å². The van der Waals surface area contributed by atoms with Gasteiger partial charge < -0.3 is 10.1 Å². The molecule has 4 heteroatoms. The van der Waals surface area contributed by atoms with Crippen LogP contribution in [0, 0.1) is 12.3 Å². The van der Waals surface area contributed by atoms with Crippen LogP contribution in [0.1, 0.15) is 26.7 Å². The SMILES string of the molecule is C#CCNC(=O)CN(CCOC)C(CC)CC. The van der Waals surface area contributed by atoms with Crippen molar-refractivity contribution in [2.75, 3.05) is 33.4 Å². The Labute approximate surface area is 105 Å². The summed E-state index contributed by atoms with van der Waals surface area (Å²) in [5, 5.41) is 2.68. The lowest BCUT2D eigenvalue weighted by atomic mass is 10.1. The van der Waals surface area contributed by atoms with Gasteiger partial charge in [-0.2, -0.15) is 0 Å². The molecule has 17 heavy (non-hydrogen) atoms. The van der Waals surface area contributed by atoms with Gasteiger partial charge in [-0.25, -0.2) is 0 Å². The van der Waals surface area contributed by atoms with Crippen LogP contribution in [-0.2, 0) is 9.53 Å². The molecule has 0 aliphatic rings. The third kappa shape index (κ3) is 6.98. The Morgan fingerprint density at radius 2 is 2.12 bits per heavy atom. The third-order valence-corrected chi connectivity index (χ3v) is 2.78. The first-order valence-corrected chi connectivity index (χ1v) is 6.12. The third-order valence-electron chi connectivity index (χ3n) is 2.78. The van der Waals surface area contributed by atoms with Crippen LogP contribution >= 0.6 is 0 Å². The molecule has 1 N–H and O–H groups in total. The van der Waals surface area contributed by atoms with E-state index in [-0.39, 0.29) is 5.91 Å². The molecule has 0 atom stereocenters. The fourth-order valence-electron chi connectivity index (χ4n) is 1.79. The zero-order chi connectivity index (χ0) is 13.1. The first kappa shape index (κ1) is 16.0. The van der Waals surface area contributed by atoms with Gasteiger partial charge in [-0.3, -0.25) is 9.69 Å². The predicted octanol–water partition coefficient (Wildman–Crippen LogP) is 0.873. The number of nitrogens with zero attached hydrogens (tertiary/aromatic N) is 1. The lowest BCUT2D eigenvalue weighted by Gasteiger charge is -2.29. The molecular formula is C13H24N2O2. The Bertz CT molecular complexity index is 244. The summed E-state index contributed by atoms with van der Waals surface area (Å²) in [6, 6.07) is 0.418. The van der Waals surface area contributed by atoms with Crippen molar-refractivity contribution in [2.45, 2.75) is 32.7 Å². The average molecular weight is 240 g/mol. The molecule has 0 aromatic rings. The summed E-state index contributed by atoms with van der Waals surface area (Å²) in [4.78, 5) is 13.8. The molecule has 0 rings (SSSR count). The molecule has 98 valence electrons. The van der Waals surface area contributed by atoms with Crippen molar-refractivity contribution >= 4 is 5.91 Å². The highest BCUT2D eigenvalue weighted by atomic mass is 16.5. The van der Waals surface area contributed by atoms with E-state index in [9.17, 15) is 4.79 Å². The van der Waals surface area contributed by atoms with Crippen molar-refractivity contribution < 1.29 is 9.53 Å². The summed E-state index contributed by atoms with van der Waals surface area (Å²) in [6.07, 6.45) is 7.16. The number of methoxy groups -OCH3 is 1. The van der Waals surface area contributed by atoms with Crippen LogP contribution in [0.2, 0.25) is 0 Å². The molecule has 0 aliphatic carbocycles. The van der Waals surface area contributed by atoms with Crippen molar-refractivity contribution in [1.82, 2.24) is 10.2 Å². The fourth-order valence-corrected chi connectivity index (χ4v) is 1.79. The fraction of sp³-hybridized carbons (Fsp3) is 0.769. The number of hydrogen-bond donors (Lipinski definition) is 1. The Morgan fingerprint density at radius 1 is 1.47 bits per heavy atom. The summed E-state index contributed by atoms with van der Waals surface area (Å²) in [5.41, 5.74) is 0. The van der Waals surface area contributed by atoms with Gasteiger partial charge in [0.05, 0.1) is 19.7 Å². The minimum Gasteiger partial charge on any atom is -0.383 e. The van der Waals surface area contributed by atoms with Gasteiger partial charge in [-0.15, -0.1) is 6.42 Å². The van der Waals surface area contributed by atoms with Gasteiger partial charge in [0.1, 0.15) is 0 Å². The van der Waals surface area contributed by atoms with Gasteiger partial charge >= 0.3 is 0 Å². The highest BCUT2D eigenvalue weighted by molar-refractivity contribution is 5.78. The first-order chi connectivity index (χ1) is 8.19. The van der Waals surface area contributed by atoms with Crippen LogP contribution in [0.25, 0.3) is 0 Å². The molecule has 0 aromatic carbocycles. The monoisotopic (exact) mass is 240 g/mol. The number of carbonyl (C=O) groups excluding carboxylic acids is 1. The second-order valence-electron chi connectivity index (χ2n) is 3.91. The molecule has 4 nitrogen and oxygen atoms in total. The maximum Gasteiger partial charge on any atom is 0.234 e. The zero-order valence-corrected chi connectivity index (χ0v) is 11.2. The highest BCUT2D eigenvalue weighted by Gasteiger charge is 2.17. The van der Waals surface area contributed by atoms with Crippen LogP contribution in [0.3, 0.4) is 0 Å². The van der Waals surface area contributed by atoms with Crippen LogP contribution in [0.4, 0.5) is 0 Å². The summed E-state index contributed by atoms with van der Waals surface area (Å²) in [7, 11) is 1.67. The Balaban J connectivity index is 4.26. The minimum atomic E-state index is -0.0223. The second kappa shape index (κ2) is 10.1. The predicted molar refractivity (Wildman–Crippen MR) is 69.7 cm³/mol. The highest BCUT2D eigenvalue weighted by Crippen LogP contribution is 2.07. The van der Waals surface area contributed by atoms with E-state index in [1.54, 1.807) is 7.11 Å². The van der Waals surface area contributed by atoms with Gasteiger partial charge in [-0.1, -0.05) is 19.8 Å². The van der Waals surface area contributed by atoms with Crippen LogP contribution in [-0.4, -0.2) is 50.2 Å². The lowest BCUT2D eigenvalue weighted by Crippen LogP contribution is -2.44. The van der Waals surface area contributed by atoms with E-state index in [1.807, 2.05) is 0 Å². The van der Waals surface area contributed by atoms with Crippen molar-refractivity contribution in [1.29, 1.82) is 0 Å². The van der Waals surface area contributed by atoms with E-state index in [2.05, 4.69) is 30.0 Å². The first-order valence-electron chi connectivity index (χ1n) is 6.12. The number of terminal acetylenes is 1. The lowest BCUT2D eigenvalue weighted by molar-refractivity contribution is -0.122. The van der Waals surface area contributed by atoms with E-state index in [1.165, 1.54) is 0 Å². The van der Waals surface area contributed by atoms with Gasteiger partial charge in [0.15, 0.2) is 0 Å². The van der Waals surface area contributed by atoms with Gasteiger partial charge in [0.2, 0.25) is 5.91 Å². The Morgan fingerprint density at radius 3 is 2.59 bits per heavy atom. The molecular weight excluding hydrogens is 216 g/mol. The number of nitrogens with one attached hydrogen (secondary N) is 1. The summed E-state index contributed by atoms with van der Waals surface area (Å²) in [6.45, 7) is 6.35. The topological polar surface area (TPSA) is 41.6 Å². The molecule has 0 bridgehead atoms. The molecule has 0 saturated heterocycles. The van der Waals surface area contributed by atoms with Gasteiger partial charge in [0.25, 0.3) is 0 Å². The van der Waals surface area contributed by atoms with Crippen molar-refractivity contribution in [3.63, 3.8) is 0 Å². The van der Waals surface area contributed by atoms with E-state index in [4.69, 9.17) is 11.2 Å². The quantitative estimate of drug-likeness (QED) is 0.608. The zero-order valence-electron chi connectivity index (χ0n) is 11.2. The van der Waals surface area contributed by atoms with Crippen molar-refractivity contribution in [3.05, 3.63) is 0 Å². The number of ether oxygens (including phenoxy) is 1. The Kier molecular flexibility index (Phi) is 9.50. The molecule has 0 fully saturated rings. The molecule has 0 radical (unpaired) electrons. The molecule has 0 saturated carbocycles. The smallest absolute Gasteiger partial charge is 0.234 e. The second-order valence-corrected chi connectivity index (χ2v) is 3.91. The summed E-state index contributed by atoms with van der Waals surface area (Å²) >= 11 is 0. The van der Waals surface area contributed by atoms with Crippen molar-refractivity contribution in [2.24, 2.45) is 0 Å². The average Bonchev–Trinajstić information content (AvgIpc) is 2.34. The Hall–Kier alpha value is -1.05. The molecule has 0 heterocycles. The summed E-state index contributed by atoms with van der Waals surface area (Å²) < 4.78 is 5.07. The largest absolute Gasteiger partial charge is 0.383 e. The number of rotatable bonds is 9. The van der Waals surface area contributed by atoms with E-state index in [0.717, 1.165) is 19.4 Å². The molecule has 0 aromatic heterocycles. The standard InChI is InChI=1S/C13H24N2O2/c1-5-8-14-13(16)11-15(9-10-17-4)12(6-2)7-3/h1,12H,6-11H2,2-4H3,(H,14,16). The van der Waals surface area contributed by atoms with Crippen LogP contribution in [0.15, 0.2) is 0 Å². The maximum absolute atomic E-state index is 11.6. The number of carbonyl (C=O) groups is 1. The maximum atomic E-state index is 11.6.